The summed E-state index contributed by atoms with van der Waals surface area (Å²) in [5.41, 5.74) is 2.28. The first-order valence-electron chi connectivity index (χ1n) is 9.86. The van der Waals surface area contributed by atoms with E-state index in [2.05, 4.69) is 4.98 Å². The maximum Gasteiger partial charge on any atom is 0.335 e. The van der Waals surface area contributed by atoms with Crippen molar-refractivity contribution in [2.75, 3.05) is 13.1 Å². The first-order chi connectivity index (χ1) is 15.0. The van der Waals surface area contributed by atoms with Crippen LogP contribution in [0.25, 0.3) is 6.08 Å². The molecule has 1 aliphatic rings. The molecule has 1 saturated heterocycles. The Morgan fingerprint density at radius 1 is 0.968 bits per heavy atom. The predicted molar refractivity (Wildman–Crippen MR) is 116 cm³/mol. The Morgan fingerprint density at radius 3 is 2.42 bits per heavy atom. The van der Waals surface area contributed by atoms with Crippen molar-refractivity contribution in [3.63, 3.8) is 0 Å². The summed E-state index contributed by atoms with van der Waals surface area (Å²) in [5.74, 6) is -1.96. The van der Waals surface area contributed by atoms with E-state index in [4.69, 9.17) is 0 Å². The highest BCUT2D eigenvalue weighted by molar-refractivity contribution is 6.07. The van der Waals surface area contributed by atoms with Crippen LogP contribution in [-0.2, 0) is 4.79 Å². The Labute approximate surface area is 179 Å². The van der Waals surface area contributed by atoms with Crippen LogP contribution in [0.4, 0.5) is 0 Å². The summed E-state index contributed by atoms with van der Waals surface area (Å²) in [6.07, 6.45) is 3.36. The lowest BCUT2D eigenvalue weighted by Gasteiger charge is -2.34. The monoisotopic (exact) mass is 412 g/mol. The van der Waals surface area contributed by atoms with Gasteiger partial charge in [0.05, 0.1) is 17.2 Å². The molecule has 1 fully saturated rings. The minimum atomic E-state index is -1.10. The van der Waals surface area contributed by atoms with E-state index >= 15 is 0 Å². The first-order valence-corrected chi connectivity index (χ1v) is 9.86. The van der Waals surface area contributed by atoms with Crippen molar-refractivity contribution >= 4 is 23.7 Å². The van der Waals surface area contributed by atoms with Gasteiger partial charge >= 0.3 is 5.97 Å². The van der Waals surface area contributed by atoms with Crippen LogP contribution < -0.4 is 0 Å². The fourth-order valence-corrected chi connectivity index (χ4v) is 3.70. The summed E-state index contributed by atoms with van der Waals surface area (Å²) in [4.78, 5) is 43.7. The van der Waals surface area contributed by atoms with Crippen molar-refractivity contribution in [1.29, 1.82) is 0 Å². The average Bonchev–Trinajstić information content (AvgIpc) is 2.81. The van der Waals surface area contributed by atoms with Gasteiger partial charge in [0.25, 0.3) is 5.91 Å². The molecule has 1 aromatic heterocycles. The molecule has 3 aromatic rings. The van der Waals surface area contributed by atoms with E-state index in [9.17, 15) is 19.5 Å². The summed E-state index contributed by atoms with van der Waals surface area (Å²) < 4.78 is 0. The van der Waals surface area contributed by atoms with E-state index in [0.717, 1.165) is 5.56 Å². The SMILES string of the molecule is O=C(O)c1cccc(C(=O)N2C/C(=C/c3ccccn3)C(=O)C(c3ccccc3)C2)c1. The zero-order valence-electron chi connectivity index (χ0n) is 16.6. The zero-order valence-corrected chi connectivity index (χ0v) is 16.6. The number of aromatic carboxylic acids is 1. The molecule has 0 aliphatic carbocycles. The predicted octanol–water partition coefficient (Wildman–Crippen LogP) is 3.67. The van der Waals surface area contributed by atoms with E-state index in [0.29, 0.717) is 11.3 Å². The summed E-state index contributed by atoms with van der Waals surface area (Å²) in [6, 6.07) is 20.7. The average molecular weight is 412 g/mol. The Kier molecular flexibility index (Phi) is 5.71. The van der Waals surface area contributed by atoms with Crippen LogP contribution in [0.5, 0.6) is 0 Å². The smallest absolute Gasteiger partial charge is 0.335 e. The molecular formula is C25H20N2O4. The van der Waals surface area contributed by atoms with E-state index < -0.39 is 11.9 Å². The number of carboxylic acids is 1. The second-order valence-electron chi connectivity index (χ2n) is 7.32. The van der Waals surface area contributed by atoms with Gasteiger partial charge in [-0.15, -0.1) is 0 Å². The molecule has 0 bridgehead atoms. The number of piperidine rings is 1. The van der Waals surface area contributed by atoms with Crippen molar-refractivity contribution in [3.05, 3.63) is 107 Å². The van der Waals surface area contributed by atoms with Crippen LogP contribution >= 0.6 is 0 Å². The molecule has 2 aromatic carbocycles. The number of ketones is 1. The van der Waals surface area contributed by atoms with Gasteiger partial charge in [-0.2, -0.15) is 0 Å². The number of amides is 1. The molecule has 6 nitrogen and oxygen atoms in total. The maximum absolute atomic E-state index is 13.3. The molecule has 0 radical (unpaired) electrons. The largest absolute Gasteiger partial charge is 0.478 e. The van der Waals surface area contributed by atoms with Crippen molar-refractivity contribution < 1.29 is 19.5 Å². The molecule has 154 valence electrons. The lowest BCUT2D eigenvalue weighted by molar-refractivity contribution is -0.118. The van der Waals surface area contributed by atoms with Gasteiger partial charge in [0.2, 0.25) is 0 Å². The molecular weight excluding hydrogens is 392 g/mol. The van der Waals surface area contributed by atoms with Crippen LogP contribution in [0.2, 0.25) is 0 Å². The normalized spacial score (nSPS) is 17.5. The fraction of sp³-hybridized carbons (Fsp3) is 0.120. The number of carbonyl (C=O) groups is 3. The maximum atomic E-state index is 13.3. The molecule has 0 spiro atoms. The van der Waals surface area contributed by atoms with Gasteiger partial charge in [0.15, 0.2) is 5.78 Å². The number of rotatable bonds is 4. The van der Waals surface area contributed by atoms with Crippen LogP contribution in [0, 0.1) is 0 Å². The zero-order chi connectivity index (χ0) is 21.8. The summed E-state index contributed by atoms with van der Waals surface area (Å²) in [6.45, 7) is 0.355. The van der Waals surface area contributed by atoms with Gasteiger partial charge in [-0.1, -0.05) is 42.5 Å². The second-order valence-corrected chi connectivity index (χ2v) is 7.32. The quantitative estimate of drug-likeness (QED) is 0.661. The highest BCUT2D eigenvalue weighted by Gasteiger charge is 2.34. The number of hydrogen-bond donors (Lipinski definition) is 1. The van der Waals surface area contributed by atoms with Crippen molar-refractivity contribution in [2.45, 2.75) is 5.92 Å². The molecule has 1 amide bonds. The van der Waals surface area contributed by atoms with E-state index in [1.807, 2.05) is 36.4 Å². The number of aromatic nitrogens is 1. The number of likely N-dealkylation sites (tertiary alicyclic amines) is 1. The number of carbonyl (C=O) groups excluding carboxylic acids is 2. The number of carboxylic acid groups (broad SMARTS) is 1. The summed E-state index contributed by atoms with van der Waals surface area (Å²) >= 11 is 0. The van der Waals surface area contributed by atoms with E-state index in [1.165, 1.54) is 12.1 Å². The molecule has 31 heavy (non-hydrogen) atoms. The van der Waals surface area contributed by atoms with Crippen LogP contribution in [0.3, 0.4) is 0 Å². The third-order valence-electron chi connectivity index (χ3n) is 5.25. The van der Waals surface area contributed by atoms with E-state index in [-0.39, 0.29) is 35.9 Å². The number of Topliss-reactive ketones (excluding diaryl/α,β-unsaturated/α-hetero) is 1. The molecule has 1 aliphatic heterocycles. The molecule has 0 saturated carbocycles. The molecule has 6 heteroatoms. The number of nitrogens with zero attached hydrogens (tertiary/aromatic N) is 2. The van der Waals surface area contributed by atoms with Crippen molar-refractivity contribution in [2.24, 2.45) is 0 Å². The van der Waals surface area contributed by atoms with Crippen molar-refractivity contribution in [3.8, 4) is 0 Å². The number of benzene rings is 2. The fourth-order valence-electron chi connectivity index (χ4n) is 3.70. The number of pyridine rings is 1. The highest BCUT2D eigenvalue weighted by Crippen LogP contribution is 2.29. The Morgan fingerprint density at radius 2 is 1.71 bits per heavy atom. The number of hydrogen-bond acceptors (Lipinski definition) is 4. The molecule has 2 heterocycles. The van der Waals surface area contributed by atoms with E-state index in [1.54, 1.807) is 41.4 Å². The summed E-state index contributed by atoms with van der Waals surface area (Å²) in [7, 11) is 0. The second kappa shape index (κ2) is 8.75. The molecule has 1 unspecified atom stereocenters. The lowest BCUT2D eigenvalue weighted by Crippen LogP contribution is -2.44. The van der Waals surface area contributed by atoms with Gasteiger partial charge in [-0.05, 0) is 42.0 Å². The minimum Gasteiger partial charge on any atom is -0.478 e. The minimum absolute atomic E-state index is 0.0415. The highest BCUT2D eigenvalue weighted by atomic mass is 16.4. The molecule has 4 rings (SSSR count). The van der Waals surface area contributed by atoms with Gasteiger partial charge in [-0.25, -0.2) is 4.79 Å². The third kappa shape index (κ3) is 4.43. The van der Waals surface area contributed by atoms with Crippen LogP contribution in [0.1, 0.15) is 37.9 Å². The van der Waals surface area contributed by atoms with Crippen LogP contribution in [-0.4, -0.2) is 45.7 Å². The van der Waals surface area contributed by atoms with Gasteiger partial charge in [-0.3, -0.25) is 14.6 Å². The Balaban J connectivity index is 1.71. The van der Waals surface area contributed by atoms with Crippen molar-refractivity contribution in [1.82, 2.24) is 9.88 Å². The molecule has 1 N–H and O–H groups in total. The molecule has 1 atom stereocenters. The Bertz CT molecular complexity index is 1160. The van der Waals surface area contributed by atoms with Gasteiger partial charge in [0.1, 0.15) is 0 Å². The lowest BCUT2D eigenvalue weighted by atomic mass is 9.85. The topological polar surface area (TPSA) is 87.6 Å². The van der Waals surface area contributed by atoms with Gasteiger partial charge in [0, 0.05) is 30.4 Å². The summed E-state index contributed by atoms with van der Waals surface area (Å²) in [5, 5.41) is 9.25. The standard InChI is InChI=1S/C25H20N2O4/c28-23-20(14-21-11-4-5-12-26-21)15-27(16-22(23)17-7-2-1-3-8-17)24(29)18-9-6-10-19(13-18)25(30)31/h1-14,22H,15-16H2,(H,30,31)/b20-14-. The third-order valence-corrected chi connectivity index (χ3v) is 5.25. The van der Waals surface area contributed by atoms with Crippen LogP contribution in [0.15, 0.2) is 84.6 Å². The first kappa shape index (κ1) is 20.2. The van der Waals surface area contributed by atoms with Gasteiger partial charge < -0.3 is 10.0 Å². The Hall–Kier alpha value is -4.06.